The van der Waals surface area contributed by atoms with E-state index in [0.717, 1.165) is 0 Å². The van der Waals surface area contributed by atoms with Gasteiger partial charge in [0.15, 0.2) is 6.10 Å². The van der Waals surface area contributed by atoms with Crippen LogP contribution in [0.1, 0.15) is 12.5 Å². The first-order chi connectivity index (χ1) is 11.5. The van der Waals surface area contributed by atoms with E-state index >= 15 is 0 Å². The first kappa shape index (κ1) is 17.7. The lowest BCUT2D eigenvalue weighted by Gasteiger charge is -2.15. The molecule has 0 saturated carbocycles. The lowest BCUT2D eigenvalue weighted by molar-refractivity contribution is -0.132. The molecule has 0 aromatic heterocycles. The molecule has 2 rings (SSSR count). The molecule has 0 bridgehead atoms. The summed E-state index contributed by atoms with van der Waals surface area (Å²) < 4.78 is 18.2. The summed E-state index contributed by atoms with van der Waals surface area (Å²) in [5.41, 5.74) is 5.22. The van der Waals surface area contributed by atoms with Gasteiger partial charge in [0.25, 0.3) is 5.91 Å². The molecule has 1 atom stereocenters. The number of hydrogen-bond acceptors (Lipinski definition) is 3. The highest BCUT2D eigenvalue weighted by atomic mass is 35.5. The Morgan fingerprint density at radius 2 is 1.79 bits per heavy atom. The van der Waals surface area contributed by atoms with Gasteiger partial charge in [-0.1, -0.05) is 29.8 Å². The number of ether oxygens (including phenoxy) is 1. The number of nitrogens with one attached hydrogen (secondary N) is 2. The van der Waals surface area contributed by atoms with E-state index in [2.05, 4.69) is 10.9 Å². The molecule has 7 heteroatoms. The molecule has 0 aliphatic carbocycles. The fraction of sp³-hybridized carbons (Fsp3) is 0.176. The predicted molar refractivity (Wildman–Crippen MR) is 87.9 cm³/mol. The molecule has 0 unspecified atom stereocenters. The molecule has 0 heterocycles. The molecule has 0 fully saturated rings. The van der Waals surface area contributed by atoms with E-state index in [4.69, 9.17) is 16.3 Å². The Morgan fingerprint density at radius 1 is 1.12 bits per heavy atom. The Morgan fingerprint density at radius 3 is 2.46 bits per heavy atom. The van der Waals surface area contributed by atoms with E-state index in [1.54, 1.807) is 24.3 Å². The van der Waals surface area contributed by atoms with Crippen molar-refractivity contribution in [2.75, 3.05) is 0 Å². The van der Waals surface area contributed by atoms with Gasteiger partial charge >= 0.3 is 0 Å². The minimum absolute atomic E-state index is 0.0349. The van der Waals surface area contributed by atoms with Crippen LogP contribution in [0.25, 0.3) is 0 Å². The molecule has 2 aromatic carbocycles. The second-order valence-electron chi connectivity index (χ2n) is 5.02. The van der Waals surface area contributed by atoms with E-state index in [0.29, 0.717) is 16.3 Å². The molecule has 2 N–H and O–H groups in total. The molecule has 0 saturated heterocycles. The van der Waals surface area contributed by atoms with Crippen LogP contribution >= 0.6 is 11.6 Å². The highest BCUT2D eigenvalue weighted by Gasteiger charge is 2.16. The van der Waals surface area contributed by atoms with Crippen molar-refractivity contribution in [1.82, 2.24) is 10.9 Å². The van der Waals surface area contributed by atoms with Crippen molar-refractivity contribution in [3.63, 3.8) is 0 Å². The first-order valence-corrected chi connectivity index (χ1v) is 7.58. The van der Waals surface area contributed by atoms with Gasteiger partial charge in [-0.15, -0.1) is 0 Å². The van der Waals surface area contributed by atoms with Crippen LogP contribution in [-0.4, -0.2) is 17.9 Å². The zero-order chi connectivity index (χ0) is 17.5. The smallest absolute Gasteiger partial charge is 0.279 e. The van der Waals surface area contributed by atoms with Crippen LogP contribution < -0.4 is 15.6 Å². The van der Waals surface area contributed by atoms with Crippen molar-refractivity contribution in [2.24, 2.45) is 0 Å². The monoisotopic (exact) mass is 350 g/mol. The van der Waals surface area contributed by atoms with Crippen molar-refractivity contribution >= 4 is 23.4 Å². The molecule has 0 aliphatic rings. The lowest BCUT2D eigenvalue weighted by atomic mass is 10.1. The van der Waals surface area contributed by atoms with Gasteiger partial charge in [0.1, 0.15) is 11.6 Å². The third kappa shape index (κ3) is 5.24. The third-order valence-corrected chi connectivity index (χ3v) is 3.50. The summed E-state index contributed by atoms with van der Waals surface area (Å²) in [6.45, 7) is 1.51. The summed E-state index contributed by atoms with van der Waals surface area (Å²) >= 11 is 5.97. The molecular formula is C17H16ClFN2O3. The first-order valence-electron chi connectivity index (χ1n) is 7.20. The van der Waals surface area contributed by atoms with E-state index in [1.807, 2.05) is 0 Å². The van der Waals surface area contributed by atoms with Crippen LogP contribution in [-0.2, 0) is 16.0 Å². The Labute approximate surface area is 143 Å². The highest BCUT2D eigenvalue weighted by molar-refractivity contribution is 6.31. The van der Waals surface area contributed by atoms with Crippen molar-refractivity contribution < 1.29 is 18.7 Å². The zero-order valence-corrected chi connectivity index (χ0v) is 13.6. The van der Waals surface area contributed by atoms with Crippen LogP contribution in [0.3, 0.4) is 0 Å². The van der Waals surface area contributed by atoms with Crippen LogP contribution in [0.2, 0.25) is 5.02 Å². The van der Waals surface area contributed by atoms with Crippen molar-refractivity contribution in [3.8, 4) is 5.75 Å². The molecule has 0 aliphatic heterocycles. The number of hydrazine groups is 1. The average molecular weight is 351 g/mol. The summed E-state index contributed by atoms with van der Waals surface area (Å²) in [7, 11) is 0. The lowest BCUT2D eigenvalue weighted by Crippen LogP contribution is -2.47. The molecule has 126 valence electrons. The average Bonchev–Trinajstić information content (AvgIpc) is 2.57. The Hall–Kier alpha value is -2.60. The maximum absolute atomic E-state index is 12.8. The van der Waals surface area contributed by atoms with Gasteiger partial charge in [-0.2, -0.15) is 0 Å². The standard InChI is InChI=1S/C17H16ClFN2O3/c1-11(24-14-8-6-13(19)7-9-14)17(23)21-20-16(22)10-12-4-2-3-5-15(12)18/h2-9,11H,10H2,1H3,(H,20,22)(H,21,23)/t11-/m1/s1. The van der Waals surface area contributed by atoms with Gasteiger partial charge in [-0.25, -0.2) is 4.39 Å². The summed E-state index contributed by atoms with van der Waals surface area (Å²) in [5, 5.41) is 0.479. The van der Waals surface area contributed by atoms with Gasteiger partial charge < -0.3 is 4.74 Å². The quantitative estimate of drug-likeness (QED) is 0.815. The normalized spacial score (nSPS) is 11.5. The van der Waals surface area contributed by atoms with Gasteiger partial charge in [0.2, 0.25) is 5.91 Å². The van der Waals surface area contributed by atoms with Crippen LogP contribution in [0, 0.1) is 5.82 Å². The minimum Gasteiger partial charge on any atom is -0.481 e. The summed E-state index contributed by atoms with van der Waals surface area (Å²) in [6, 6.07) is 12.2. The Bertz CT molecular complexity index is 722. The predicted octanol–water partition coefficient (Wildman–Crippen LogP) is 2.64. The summed E-state index contributed by atoms with van der Waals surface area (Å²) in [6.07, 6.45) is -0.830. The van der Waals surface area contributed by atoms with Crippen LogP contribution in [0.4, 0.5) is 4.39 Å². The Kier molecular flexibility index (Phi) is 6.14. The number of hydrogen-bond donors (Lipinski definition) is 2. The van der Waals surface area contributed by atoms with Crippen LogP contribution in [0.5, 0.6) is 5.75 Å². The number of rotatable bonds is 5. The topological polar surface area (TPSA) is 67.4 Å². The van der Waals surface area contributed by atoms with E-state index in [1.165, 1.54) is 31.2 Å². The SMILES string of the molecule is C[C@@H](Oc1ccc(F)cc1)C(=O)NNC(=O)Cc1ccccc1Cl. The molecular weight excluding hydrogens is 335 g/mol. The number of halogens is 2. The fourth-order valence-corrected chi connectivity index (χ4v) is 2.07. The molecule has 24 heavy (non-hydrogen) atoms. The molecule has 2 aromatic rings. The number of benzene rings is 2. The second-order valence-corrected chi connectivity index (χ2v) is 5.43. The van der Waals surface area contributed by atoms with Crippen LogP contribution in [0.15, 0.2) is 48.5 Å². The van der Waals surface area contributed by atoms with E-state index < -0.39 is 23.7 Å². The van der Waals surface area contributed by atoms with E-state index in [-0.39, 0.29) is 6.42 Å². The van der Waals surface area contributed by atoms with Crippen molar-refractivity contribution in [1.29, 1.82) is 0 Å². The molecule has 5 nitrogen and oxygen atoms in total. The van der Waals surface area contributed by atoms with Gasteiger partial charge in [0, 0.05) is 5.02 Å². The molecule has 2 amide bonds. The number of carbonyl (C=O) groups is 2. The maximum atomic E-state index is 12.8. The number of amides is 2. The fourth-order valence-electron chi connectivity index (χ4n) is 1.86. The van der Waals surface area contributed by atoms with Crippen molar-refractivity contribution in [2.45, 2.75) is 19.4 Å². The Balaban J connectivity index is 1.80. The molecule has 0 spiro atoms. The highest BCUT2D eigenvalue weighted by Crippen LogP contribution is 2.15. The third-order valence-electron chi connectivity index (χ3n) is 3.13. The zero-order valence-electron chi connectivity index (χ0n) is 12.9. The minimum atomic E-state index is -0.865. The largest absolute Gasteiger partial charge is 0.481 e. The summed E-state index contributed by atoms with van der Waals surface area (Å²) in [5.74, 6) is -0.995. The second kappa shape index (κ2) is 8.31. The molecule has 0 radical (unpaired) electrons. The van der Waals surface area contributed by atoms with Gasteiger partial charge in [-0.3, -0.25) is 20.4 Å². The van der Waals surface area contributed by atoms with Gasteiger partial charge in [0.05, 0.1) is 6.42 Å². The van der Waals surface area contributed by atoms with Gasteiger partial charge in [-0.05, 0) is 42.8 Å². The summed E-state index contributed by atoms with van der Waals surface area (Å²) in [4.78, 5) is 23.7. The van der Waals surface area contributed by atoms with E-state index in [9.17, 15) is 14.0 Å². The van der Waals surface area contributed by atoms with Crippen molar-refractivity contribution in [3.05, 3.63) is 64.9 Å². The maximum Gasteiger partial charge on any atom is 0.279 e. The number of carbonyl (C=O) groups excluding carboxylic acids is 2.